The molecule has 138 valence electrons. The standard InChI is InChI=1S/C26H29N/c1-2-6-21-20(5-1)23-13-26(24-8-4-3-7-22(23)24)16-27(15-25(21)26)14-19-12-17-9-10-18(19)11-17/h1-8,17-19,23,25H,9-16H2/t17-,18+,19+,23?,25?,26?/m1/s1. The molecule has 3 fully saturated rings. The van der Waals surface area contributed by atoms with Crippen LogP contribution in [0.1, 0.15) is 66.2 Å². The van der Waals surface area contributed by atoms with Crippen molar-refractivity contribution in [3.63, 3.8) is 0 Å². The van der Waals surface area contributed by atoms with Gasteiger partial charge in [-0.1, -0.05) is 55.0 Å². The van der Waals surface area contributed by atoms with Crippen LogP contribution in [0.5, 0.6) is 0 Å². The maximum Gasteiger partial charge on any atom is 0.0173 e. The molecule has 4 aliphatic carbocycles. The fourth-order valence-electron chi connectivity index (χ4n) is 8.21. The van der Waals surface area contributed by atoms with E-state index in [0.717, 1.165) is 17.8 Å². The van der Waals surface area contributed by atoms with Gasteiger partial charge in [0.1, 0.15) is 0 Å². The average molecular weight is 356 g/mol. The van der Waals surface area contributed by atoms with Crippen molar-refractivity contribution in [2.75, 3.05) is 19.6 Å². The summed E-state index contributed by atoms with van der Waals surface area (Å²) in [4.78, 5) is 2.89. The lowest BCUT2D eigenvalue weighted by atomic mass is 9.65. The second kappa shape index (κ2) is 5.26. The van der Waals surface area contributed by atoms with Gasteiger partial charge in [-0.2, -0.15) is 0 Å². The number of fused-ring (bicyclic) bond motifs is 5. The zero-order valence-corrected chi connectivity index (χ0v) is 16.1. The first kappa shape index (κ1) is 15.3. The summed E-state index contributed by atoms with van der Waals surface area (Å²) in [5.74, 6) is 4.44. The SMILES string of the molecule is c1ccc2c(c1)C1CC3(CN(C[C@@H]4C[C@@H]5CC[C@H]4C5)CC23)c2ccccc21. The Labute approximate surface area is 162 Å². The van der Waals surface area contributed by atoms with Crippen LogP contribution in [-0.4, -0.2) is 24.5 Å². The van der Waals surface area contributed by atoms with E-state index in [1.165, 1.54) is 45.3 Å². The molecule has 1 heteroatoms. The summed E-state index contributed by atoms with van der Waals surface area (Å²) in [6, 6.07) is 18.8. The van der Waals surface area contributed by atoms with Crippen molar-refractivity contribution in [2.24, 2.45) is 17.8 Å². The normalized spacial score (nSPS) is 40.8. The van der Waals surface area contributed by atoms with Gasteiger partial charge in [-0.15, -0.1) is 0 Å². The number of likely N-dealkylation sites (tertiary alicyclic amines) is 1. The van der Waals surface area contributed by atoms with E-state index in [9.17, 15) is 0 Å². The number of hydrogen-bond donors (Lipinski definition) is 0. The van der Waals surface area contributed by atoms with Crippen LogP contribution in [0.4, 0.5) is 0 Å². The van der Waals surface area contributed by atoms with Gasteiger partial charge in [0, 0.05) is 36.9 Å². The third-order valence-corrected chi connectivity index (χ3v) is 9.18. The van der Waals surface area contributed by atoms with Crippen molar-refractivity contribution in [1.29, 1.82) is 0 Å². The van der Waals surface area contributed by atoms with Crippen LogP contribution >= 0.6 is 0 Å². The van der Waals surface area contributed by atoms with E-state index in [1.807, 2.05) is 0 Å². The molecule has 0 radical (unpaired) electrons. The van der Waals surface area contributed by atoms with Gasteiger partial charge in [0.2, 0.25) is 0 Å². The van der Waals surface area contributed by atoms with Crippen LogP contribution in [0.25, 0.3) is 0 Å². The second-order valence-electron chi connectivity index (χ2n) is 10.3. The lowest BCUT2D eigenvalue weighted by Gasteiger charge is -2.37. The van der Waals surface area contributed by atoms with Crippen molar-refractivity contribution in [1.82, 2.24) is 4.90 Å². The number of rotatable bonds is 2. The van der Waals surface area contributed by atoms with Crippen LogP contribution in [0, 0.1) is 17.8 Å². The first-order valence-electron chi connectivity index (χ1n) is 11.2. The fourth-order valence-corrected chi connectivity index (χ4v) is 8.21. The van der Waals surface area contributed by atoms with E-state index in [4.69, 9.17) is 0 Å². The molecule has 4 bridgehead atoms. The zero-order valence-electron chi connectivity index (χ0n) is 16.1. The molecule has 0 N–H and O–H groups in total. The van der Waals surface area contributed by atoms with Gasteiger partial charge in [-0.05, 0) is 65.7 Å². The molecule has 0 amide bonds. The van der Waals surface area contributed by atoms with Crippen molar-refractivity contribution >= 4 is 0 Å². The molecule has 1 spiro atoms. The van der Waals surface area contributed by atoms with E-state index < -0.39 is 0 Å². The Morgan fingerprint density at radius 2 is 1.70 bits per heavy atom. The summed E-state index contributed by atoms with van der Waals surface area (Å²) in [7, 11) is 0. The minimum Gasteiger partial charge on any atom is -0.301 e. The number of hydrogen-bond acceptors (Lipinski definition) is 1. The Kier molecular flexibility index (Phi) is 2.99. The third-order valence-electron chi connectivity index (χ3n) is 9.18. The largest absolute Gasteiger partial charge is 0.301 e. The summed E-state index contributed by atoms with van der Waals surface area (Å²) in [6.07, 6.45) is 7.46. The number of benzene rings is 2. The molecule has 5 aliphatic rings. The van der Waals surface area contributed by atoms with Gasteiger partial charge >= 0.3 is 0 Å². The van der Waals surface area contributed by atoms with Gasteiger partial charge in [0.05, 0.1) is 0 Å². The van der Waals surface area contributed by atoms with E-state index in [2.05, 4.69) is 53.4 Å². The van der Waals surface area contributed by atoms with E-state index in [0.29, 0.717) is 17.3 Å². The average Bonchev–Trinajstić information content (AvgIpc) is 3.46. The highest BCUT2D eigenvalue weighted by molar-refractivity contribution is 5.58. The molecular formula is C26H29N. The Bertz CT molecular complexity index is 905. The zero-order chi connectivity index (χ0) is 17.6. The Balaban J connectivity index is 1.29. The van der Waals surface area contributed by atoms with Gasteiger partial charge in [0.15, 0.2) is 0 Å². The second-order valence-corrected chi connectivity index (χ2v) is 10.3. The van der Waals surface area contributed by atoms with E-state index >= 15 is 0 Å². The molecular weight excluding hydrogens is 326 g/mol. The monoisotopic (exact) mass is 355 g/mol. The maximum atomic E-state index is 2.89. The molecule has 1 saturated heterocycles. The Morgan fingerprint density at radius 1 is 0.889 bits per heavy atom. The van der Waals surface area contributed by atoms with Crippen molar-refractivity contribution in [3.05, 3.63) is 70.8 Å². The first-order chi connectivity index (χ1) is 13.3. The molecule has 27 heavy (non-hydrogen) atoms. The van der Waals surface area contributed by atoms with Crippen LogP contribution in [0.2, 0.25) is 0 Å². The first-order valence-corrected chi connectivity index (χ1v) is 11.2. The molecule has 1 aliphatic heterocycles. The van der Waals surface area contributed by atoms with Gasteiger partial charge in [0.25, 0.3) is 0 Å². The summed E-state index contributed by atoms with van der Waals surface area (Å²) in [6.45, 7) is 3.95. The topological polar surface area (TPSA) is 3.24 Å². The highest BCUT2D eigenvalue weighted by Crippen LogP contribution is 2.63. The summed E-state index contributed by atoms with van der Waals surface area (Å²) < 4.78 is 0. The summed E-state index contributed by atoms with van der Waals surface area (Å²) >= 11 is 0. The summed E-state index contributed by atoms with van der Waals surface area (Å²) in [5, 5.41) is 0. The molecule has 2 aromatic rings. The molecule has 7 rings (SSSR count). The third kappa shape index (κ3) is 1.94. The minimum absolute atomic E-state index is 0.382. The lowest BCUT2D eigenvalue weighted by molar-refractivity contribution is 0.210. The van der Waals surface area contributed by atoms with Crippen molar-refractivity contribution in [3.8, 4) is 0 Å². The van der Waals surface area contributed by atoms with Crippen molar-refractivity contribution in [2.45, 2.75) is 49.4 Å². The quantitative estimate of drug-likeness (QED) is 0.706. The molecule has 1 nitrogen and oxygen atoms in total. The van der Waals surface area contributed by atoms with Crippen LogP contribution < -0.4 is 0 Å². The summed E-state index contributed by atoms with van der Waals surface area (Å²) in [5.41, 5.74) is 7.00. The van der Waals surface area contributed by atoms with Gasteiger partial charge in [-0.25, -0.2) is 0 Å². The Morgan fingerprint density at radius 3 is 2.52 bits per heavy atom. The van der Waals surface area contributed by atoms with E-state index in [-0.39, 0.29) is 0 Å². The predicted octanol–water partition coefficient (Wildman–Crippen LogP) is 5.31. The molecule has 1 heterocycles. The smallest absolute Gasteiger partial charge is 0.0173 e. The molecule has 3 unspecified atom stereocenters. The van der Waals surface area contributed by atoms with E-state index in [1.54, 1.807) is 28.7 Å². The van der Waals surface area contributed by atoms with Gasteiger partial charge in [-0.3, -0.25) is 0 Å². The molecule has 0 aromatic heterocycles. The van der Waals surface area contributed by atoms with Crippen molar-refractivity contribution < 1.29 is 0 Å². The Hall–Kier alpha value is -1.60. The highest BCUT2D eigenvalue weighted by atomic mass is 15.2. The minimum atomic E-state index is 0.382. The van der Waals surface area contributed by atoms with Crippen LogP contribution in [0.15, 0.2) is 48.5 Å². The number of nitrogens with zero attached hydrogens (tertiary/aromatic N) is 1. The van der Waals surface area contributed by atoms with Crippen LogP contribution in [0.3, 0.4) is 0 Å². The molecule has 2 aromatic carbocycles. The van der Waals surface area contributed by atoms with Crippen LogP contribution in [-0.2, 0) is 5.41 Å². The molecule has 2 saturated carbocycles. The predicted molar refractivity (Wildman–Crippen MR) is 109 cm³/mol. The van der Waals surface area contributed by atoms with Gasteiger partial charge < -0.3 is 4.90 Å². The molecule has 6 atom stereocenters. The highest BCUT2D eigenvalue weighted by Gasteiger charge is 2.58. The maximum absolute atomic E-state index is 2.89. The fraction of sp³-hybridized carbons (Fsp3) is 0.538. The lowest BCUT2D eigenvalue weighted by Crippen LogP contribution is -2.36.